The van der Waals surface area contributed by atoms with Crippen LogP contribution in [0.1, 0.15) is 31.9 Å². The van der Waals surface area contributed by atoms with Crippen molar-refractivity contribution in [2.24, 2.45) is 0 Å². The van der Waals surface area contributed by atoms with E-state index in [-0.39, 0.29) is 11.0 Å². The van der Waals surface area contributed by atoms with Gasteiger partial charge in [0.1, 0.15) is 16.7 Å². The van der Waals surface area contributed by atoms with Crippen molar-refractivity contribution >= 4 is 71.1 Å². The van der Waals surface area contributed by atoms with Crippen LogP contribution in [0.4, 0.5) is 0 Å². The first-order chi connectivity index (χ1) is 23.8. The quantitative estimate of drug-likeness (QED) is 0.144. The van der Waals surface area contributed by atoms with Gasteiger partial charge in [0.05, 0.1) is 16.4 Å². The molecule has 0 aliphatic heterocycles. The average Bonchev–Trinajstić information content (AvgIpc) is 3.72. The summed E-state index contributed by atoms with van der Waals surface area (Å²) in [6, 6.07) is 39.6. The highest BCUT2D eigenvalue weighted by atomic mass is 16.4. The van der Waals surface area contributed by atoms with Crippen LogP contribution >= 0.6 is 0 Å². The molecule has 4 nitrogen and oxygen atoms in total. The van der Waals surface area contributed by atoms with E-state index in [9.17, 15) is 4.79 Å². The molecule has 10 rings (SSSR count). The van der Waals surface area contributed by atoms with Crippen LogP contribution in [-0.2, 0) is 5.41 Å². The summed E-state index contributed by atoms with van der Waals surface area (Å²) in [5.74, 6) is 0. The van der Waals surface area contributed by atoms with Crippen LogP contribution < -0.4 is 5.63 Å². The highest BCUT2D eigenvalue weighted by Gasteiger charge is 2.35. The Morgan fingerprint density at radius 3 is 2.27 bits per heavy atom. The summed E-state index contributed by atoms with van der Waals surface area (Å²) in [6.45, 7) is 10.9. The molecule has 49 heavy (non-hydrogen) atoms. The maximum absolute atomic E-state index is 13.8. The monoisotopic (exact) mass is 633 g/mol. The van der Waals surface area contributed by atoms with Crippen molar-refractivity contribution in [1.82, 2.24) is 4.57 Å². The maximum atomic E-state index is 13.8. The second kappa shape index (κ2) is 9.71. The van der Waals surface area contributed by atoms with Gasteiger partial charge in [-0.2, -0.15) is 0 Å². The molecule has 9 aromatic rings. The minimum atomic E-state index is -0.355. The average molecular weight is 634 g/mol. The third kappa shape index (κ3) is 3.71. The molecule has 0 spiro atoms. The summed E-state index contributed by atoms with van der Waals surface area (Å²) in [7, 11) is 0. The van der Waals surface area contributed by atoms with E-state index < -0.39 is 0 Å². The van der Waals surface area contributed by atoms with Gasteiger partial charge in [-0.15, -0.1) is 0 Å². The van der Waals surface area contributed by atoms with Gasteiger partial charge in [-0.1, -0.05) is 92.7 Å². The molecular formula is C45H31NO3. The van der Waals surface area contributed by atoms with E-state index in [1.165, 1.54) is 33.0 Å². The van der Waals surface area contributed by atoms with Crippen molar-refractivity contribution in [2.75, 3.05) is 0 Å². The molecule has 0 N–H and O–H groups in total. The van der Waals surface area contributed by atoms with Crippen molar-refractivity contribution in [1.29, 1.82) is 0 Å². The molecule has 3 aromatic heterocycles. The zero-order chi connectivity index (χ0) is 33.2. The number of hydrogen-bond donors (Lipinski definition) is 0. The maximum Gasteiger partial charge on any atom is 0.344 e. The minimum absolute atomic E-state index is 0.118. The molecule has 0 radical (unpaired) electrons. The van der Waals surface area contributed by atoms with Gasteiger partial charge in [-0.25, -0.2) is 4.79 Å². The van der Waals surface area contributed by atoms with E-state index in [1.807, 2.05) is 48.5 Å². The fraction of sp³-hybridized carbons (Fsp3) is 0.0889. The lowest BCUT2D eigenvalue weighted by atomic mass is 9.81. The molecule has 4 heteroatoms. The van der Waals surface area contributed by atoms with Crippen LogP contribution in [0.5, 0.6) is 0 Å². The first-order valence-corrected chi connectivity index (χ1v) is 16.7. The van der Waals surface area contributed by atoms with Crippen molar-refractivity contribution < 1.29 is 8.83 Å². The van der Waals surface area contributed by atoms with Gasteiger partial charge in [-0.3, -0.25) is 0 Å². The second-order valence-electron chi connectivity index (χ2n) is 13.7. The van der Waals surface area contributed by atoms with E-state index in [4.69, 9.17) is 8.83 Å². The molecular weight excluding hydrogens is 602 g/mol. The number of furan rings is 1. The Balaban J connectivity index is 1.17. The largest absolute Gasteiger partial charge is 0.456 e. The standard InChI is InChI=1S/C45H31NO3/c1-5-28-25(2)45(3,4)37-24-39-35(23-34(28)37)31-11-6-8-14-38(31)46(39)27-18-20-30-32-19-17-26(21-42(32)49-44(47)36(30)22-27)29-13-10-16-41-43(29)33-12-7-9-15-40(33)48-41/h5-24H,1H2,2-4H3. The van der Waals surface area contributed by atoms with Crippen LogP contribution in [0.2, 0.25) is 0 Å². The highest BCUT2D eigenvalue weighted by molar-refractivity contribution is 6.14. The van der Waals surface area contributed by atoms with Crippen LogP contribution in [0, 0.1) is 0 Å². The fourth-order valence-corrected chi connectivity index (χ4v) is 8.28. The number of hydrogen-bond acceptors (Lipinski definition) is 3. The molecule has 0 saturated heterocycles. The van der Waals surface area contributed by atoms with Gasteiger partial charge in [0.2, 0.25) is 0 Å². The molecule has 0 fully saturated rings. The summed E-state index contributed by atoms with van der Waals surface area (Å²) < 4.78 is 14.5. The second-order valence-corrected chi connectivity index (χ2v) is 13.7. The molecule has 0 atom stereocenters. The van der Waals surface area contributed by atoms with Crippen LogP contribution in [0.3, 0.4) is 0 Å². The van der Waals surface area contributed by atoms with E-state index >= 15 is 0 Å². The summed E-state index contributed by atoms with van der Waals surface area (Å²) >= 11 is 0. The Morgan fingerprint density at radius 2 is 1.41 bits per heavy atom. The van der Waals surface area contributed by atoms with Gasteiger partial charge in [0, 0.05) is 43.4 Å². The van der Waals surface area contributed by atoms with Crippen molar-refractivity contribution in [3.05, 3.63) is 155 Å². The number of fused-ring (bicyclic) bond motifs is 10. The third-order valence-electron chi connectivity index (χ3n) is 11.0. The van der Waals surface area contributed by atoms with Gasteiger partial charge in [-0.05, 0) is 89.3 Å². The van der Waals surface area contributed by atoms with E-state index in [1.54, 1.807) is 0 Å². The molecule has 0 bridgehead atoms. The number of rotatable bonds is 3. The van der Waals surface area contributed by atoms with Crippen LogP contribution in [0.15, 0.2) is 147 Å². The molecule has 0 saturated carbocycles. The Bertz CT molecular complexity index is 3020. The number of allylic oxidation sites excluding steroid dienone is 3. The highest BCUT2D eigenvalue weighted by Crippen LogP contribution is 2.49. The van der Waals surface area contributed by atoms with Crippen LogP contribution in [-0.4, -0.2) is 4.57 Å². The zero-order valence-corrected chi connectivity index (χ0v) is 27.4. The molecule has 1 aliphatic rings. The van der Waals surface area contributed by atoms with E-state index in [0.29, 0.717) is 11.0 Å². The smallest absolute Gasteiger partial charge is 0.344 e. The first kappa shape index (κ1) is 27.9. The third-order valence-corrected chi connectivity index (χ3v) is 11.0. The number of para-hydroxylation sites is 2. The lowest BCUT2D eigenvalue weighted by Gasteiger charge is -2.22. The van der Waals surface area contributed by atoms with E-state index in [2.05, 4.69) is 105 Å². The van der Waals surface area contributed by atoms with Crippen molar-refractivity contribution in [2.45, 2.75) is 26.2 Å². The predicted molar refractivity (Wildman–Crippen MR) is 203 cm³/mol. The molecule has 1 aliphatic carbocycles. The lowest BCUT2D eigenvalue weighted by Crippen LogP contribution is -2.15. The zero-order valence-electron chi connectivity index (χ0n) is 27.4. The summed E-state index contributed by atoms with van der Waals surface area (Å²) in [4.78, 5) is 13.8. The molecule has 234 valence electrons. The van der Waals surface area contributed by atoms with E-state index in [0.717, 1.165) is 60.6 Å². The summed E-state index contributed by atoms with van der Waals surface area (Å²) in [6.07, 6.45) is 1.99. The normalized spacial score (nSPS) is 14.3. The molecule has 0 unspecified atom stereocenters. The Labute approximate surface area is 281 Å². The number of benzene rings is 6. The van der Waals surface area contributed by atoms with Gasteiger partial charge < -0.3 is 13.4 Å². The van der Waals surface area contributed by atoms with Crippen molar-refractivity contribution in [3.8, 4) is 16.8 Å². The Hall–Kier alpha value is -6.13. The first-order valence-electron chi connectivity index (χ1n) is 16.7. The van der Waals surface area contributed by atoms with Gasteiger partial charge in [0.25, 0.3) is 0 Å². The van der Waals surface area contributed by atoms with Crippen molar-refractivity contribution in [3.63, 3.8) is 0 Å². The predicted octanol–water partition coefficient (Wildman–Crippen LogP) is 11.9. The number of aromatic nitrogens is 1. The molecule has 0 amide bonds. The summed E-state index contributed by atoms with van der Waals surface area (Å²) in [5.41, 5.74) is 12.0. The lowest BCUT2D eigenvalue weighted by molar-refractivity contribution is 0.570. The Kier molecular flexibility index (Phi) is 5.54. The van der Waals surface area contributed by atoms with Crippen LogP contribution in [0.25, 0.3) is 87.9 Å². The fourth-order valence-electron chi connectivity index (χ4n) is 8.28. The SMILES string of the molecule is C=CC1=C(C)C(C)(C)c2cc3c(cc21)c1ccccc1n3-c1ccc2c(c1)c(=O)oc1cc(-c3cccc4oc5ccccc5c34)ccc12. The summed E-state index contributed by atoms with van der Waals surface area (Å²) in [5, 5.41) is 6.78. The van der Waals surface area contributed by atoms with Gasteiger partial charge in [0.15, 0.2) is 0 Å². The molecule has 6 aromatic carbocycles. The Morgan fingerprint density at radius 1 is 0.633 bits per heavy atom. The number of nitrogens with zero attached hydrogens (tertiary/aromatic N) is 1. The molecule has 3 heterocycles. The minimum Gasteiger partial charge on any atom is -0.456 e. The van der Waals surface area contributed by atoms with Gasteiger partial charge >= 0.3 is 5.63 Å². The topological polar surface area (TPSA) is 48.3 Å².